The monoisotopic (exact) mass is 405 g/mol. The first kappa shape index (κ1) is 19.2. The summed E-state index contributed by atoms with van der Waals surface area (Å²) in [7, 11) is 0. The van der Waals surface area contributed by atoms with Crippen LogP contribution in [0, 0.1) is 0 Å². The topological polar surface area (TPSA) is 29.5 Å². The van der Waals surface area contributed by atoms with E-state index >= 15 is 0 Å². The maximum Gasteiger partial charge on any atom is 0.253 e. The van der Waals surface area contributed by atoms with Gasteiger partial charge in [-0.25, -0.2) is 8.78 Å². The molecule has 2 aromatic rings. The fourth-order valence-corrected chi connectivity index (χ4v) is 4.09. The minimum absolute atomic E-state index is 0.0899. The van der Waals surface area contributed by atoms with Crippen molar-refractivity contribution in [2.24, 2.45) is 0 Å². The summed E-state index contributed by atoms with van der Waals surface area (Å²) in [6, 6.07) is 11.2. The molecule has 2 aliphatic rings. The van der Waals surface area contributed by atoms with E-state index in [1.54, 1.807) is 12.1 Å². The molecule has 28 heavy (non-hydrogen) atoms. The lowest BCUT2D eigenvalue weighted by molar-refractivity contribution is -0.0494. The van der Waals surface area contributed by atoms with Gasteiger partial charge in [0.2, 0.25) is 0 Å². The fourth-order valence-electron chi connectivity index (χ4n) is 3.81. The van der Waals surface area contributed by atoms with Crippen LogP contribution < -0.4 is 4.74 Å². The van der Waals surface area contributed by atoms with Crippen LogP contribution in [0.5, 0.6) is 5.75 Å². The second kappa shape index (κ2) is 7.36. The summed E-state index contributed by atoms with van der Waals surface area (Å²) in [4.78, 5) is 14.1. The number of nitrogens with zero attached hydrogens (tertiary/aromatic N) is 1. The van der Waals surface area contributed by atoms with Gasteiger partial charge >= 0.3 is 0 Å². The standard InChI is InChI=1S/C22H22ClF2NO2/c1-2-18-12-17-11-16(13-19(23)20(17)28-18)14-3-5-15(6-4-14)21(27)26-9-7-22(24,25)8-10-26/h3-6,11,13,18H,2,7-10,12H2,1H3. The molecule has 4 rings (SSSR count). The second-order valence-corrected chi connectivity index (χ2v) is 7.93. The summed E-state index contributed by atoms with van der Waals surface area (Å²) in [5.41, 5.74) is 3.53. The Bertz CT molecular complexity index is 888. The molecule has 2 heterocycles. The van der Waals surface area contributed by atoms with Gasteiger partial charge in [0.15, 0.2) is 0 Å². The Morgan fingerprint density at radius 2 is 1.86 bits per heavy atom. The lowest BCUT2D eigenvalue weighted by Crippen LogP contribution is -2.42. The molecular formula is C22H22ClF2NO2. The number of fused-ring (bicyclic) bond motifs is 1. The minimum atomic E-state index is -2.66. The molecular weight excluding hydrogens is 384 g/mol. The molecule has 0 bridgehead atoms. The van der Waals surface area contributed by atoms with Crippen molar-refractivity contribution in [3.05, 3.63) is 52.5 Å². The SMILES string of the molecule is CCC1Cc2cc(-c3ccc(C(=O)N4CCC(F)(F)CC4)cc3)cc(Cl)c2O1. The number of likely N-dealkylation sites (tertiary alicyclic amines) is 1. The summed E-state index contributed by atoms with van der Waals surface area (Å²) >= 11 is 6.41. The smallest absolute Gasteiger partial charge is 0.253 e. The van der Waals surface area contributed by atoms with Gasteiger partial charge in [0.1, 0.15) is 11.9 Å². The number of ether oxygens (including phenoxy) is 1. The summed E-state index contributed by atoms with van der Waals surface area (Å²) in [6.07, 6.45) is 1.39. The number of alkyl halides is 2. The molecule has 1 atom stereocenters. The number of carbonyl (C=O) groups is 1. The van der Waals surface area contributed by atoms with Gasteiger partial charge in [0.25, 0.3) is 11.8 Å². The van der Waals surface area contributed by atoms with E-state index in [2.05, 4.69) is 13.0 Å². The van der Waals surface area contributed by atoms with Crippen LogP contribution in [0.15, 0.2) is 36.4 Å². The Kier molecular flexibility index (Phi) is 5.04. The van der Waals surface area contributed by atoms with Gasteiger partial charge in [-0.15, -0.1) is 0 Å². The van der Waals surface area contributed by atoms with Crippen molar-refractivity contribution >= 4 is 17.5 Å². The maximum absolute atomic E-state index is 13.3. The largest absolute Gasteiger partial charge is 0.488 e. The summed E-state index contributed by atoms with van der Waals surface area (Å²) < 4.78 is 32.5. The molecule has 2 aliphatic heterocycles. The molecule has 1 amide bonds. The highest BCUT2D eigenvalue weighted by Gasteiger charge is 2.35. The molecule has 0 aromatic heterocycles. The minimum Gasteiger partial charge on any atom is -0.488 e. The van der Waals surface area contributed by atoms with Crippen molar-refractivity contribution in [2.45, 2.75) is 44.6 Å². The average molecular weight is 406 g/mol. The fraction of sp³-hybridized carbons (Fsp3) is 0.409. The van der Waals surface area contributed by atoms with E-state index in [1.165, 1.54) is 4.90 Å². The van der Waals surface area contributed by atoms with Crippen molar-refractivity contribution in [1.82, 2.24) is 4.90 Å². The number of benzene rings is 2. The predicted molar refractivity (Wildman–Crippen MR) is 105 cm³/mol. The average Bonchev–Trinajstić information content (AvgIpc) is 3.11. The van der Waals surface area contributed by atoms with E-state index < -0.39 is 5.92 Å². The number of halogens is 3. The van der Waals surface area contributed by atoms with Gasteiger partial charge in [-0.05, 0) is 47.4 Å². The number of rotatable bonds is 3. The van der Waals surface area contributed by atoms with Gasteiger partial charge in [-0.1, -0.05) is 30.7 Å². The Labute approximate surface area is 168 Å². The zero-order valence-corrected chi connectivity index (χ0v) is 16.4. The summed E-state index contributed by atoms with van der Waals surface area (Å²) in [5, 5.41) is 0.595. The Morgan fingerprint density at radius 1 is 1.18 bits per heavy atom. The number of hydrogen-bond donors (Lipinski definition) is 0. The third-order valence-electron chi connectivity index (χ3n) is 5.56. The van der Waals surface area contributed by atoms with E-state index in [1.807, 2.05) is 18.2 Å². The molecule has 1 saturated heterocycles. The van der Waals surface area contributed by atoms with Crippen LogP contribution in [0.4, 0.5) is 8.78 Å². The van der Waals surface area contributed by atoms with Crippen molar-refractivity contribution in [3.8, 4) is 16.9 Å². The number of amides is 1. The van der Waals surface area contributed by atoms with E-state index in [4.69, 9.17) is 16.3 Å². The van der Waals surface area contributed by atoms with Crippen molar-refractivity contribution in [2.75, 3.05) is 13.1 Å². The molecule has 6 heteroatoms. The van der Waals surface area contributed by atoms with E-state index in [9.17, 15) is 13.6 Å². The van der Waals surface area contributed by atoms with E-state index in [0.29, 0.717) is 10.6 Å². The first-order chi connectivity index (χ1) is 13.4. The van der Waals surface area contributed by atoms with Gasteiger partial charge in [-0.3, -0.25) is 4.79 Å². The van der Waals surface area contributed by atoms with E-state index in [-0.39, 0.29) is 37.9 Å². The van der Waals surface area contributed by atoms with Crippen molar-refractivity contribution in [1.29, 1.82) is 0 Å². The first-order valence-corrected chi connectivity index (χ1v) is 10.0. The molecule has 0 aliphatic carbocycles. The Balaban J connectivity index is 1.51. The summed E-state index contributed by atoms with van der Waals surface area (Å²) in [6.45, 7) is 2.27. The lowest BCUT2D eigenvalue weighted by atomic mass is 9.99. The molecule has 0 radical (unpaired) electrons. The Hall–Kier alpha value is -2.14. The van der Waals surface area contributed by atoms with Crippen LogP contribution in [0.2, 0.25) is 5.02 Å². The quantitative estimate of drug-likeness (QED) is 0.666. The highest BCUT2D eigenvalue weighted by molar-refractivity contribution is 6.32. The van der Waals surface area contributed by atoms with Crippen LogP contribution in [0.1, 0.15) is 42.1 Å². The first-order valence-electron chi connectivity index (χ1n) is 9.63. The lowest BCUT2D eigenvalue weighted by Gasteiger charge is -2.31. The zero-order valence-electron chi connectivity index (χ0n) is 15.7. The zero-order chi connectivity index (χ0) is 19.9. The van der Waals surface area contributed by atoms with Gasteiger partial charge < -0.3 is 9.64 Å². The van der Waals surface area contributed by atoms with Gasteiger partial charge in [0, 0.05) is 37.9 Å². The molecule has 148 valence electrons. The maximum atomic E-state index is 13.3. The van der Waals surface area contributed by atoms with Crippen LogP contribution in [0.25, 0.3) is 11.1 Å². The van der Waals surface area contributed by atoms with Crippen molar-refractivity contribution in [3.63, 3.8) is 0 Å². The summed E-state index contributed by atoms with van der Waals surface area (Å²) in [5.74, 6) is -2.09. The number of hydrogen-bond acceptors (Lipinski definition) is 2. The molecule has 2 aromatic carbocycles. The van der Waals surface area contributed by atoms with Crippen LogP contribution >= 0.6 is 11.6 Å². The Morgan fingerprint density at radius 3 is 2.50 bits per heavy atom. The third-order valence-corrected chi connectivity index (χ3v) is 5.84. The third kappa shape index (κ3) is 3.72. The van der Waals surface area contributed by atoms with Crippen LogP contribution in [-0.2, 0) is 6.42 Å². The van der Waals surface area contributed by atoms with Crippen LogP contribution in [0.3, 0.4) is 0 Å². The molecule has 1 fully saturated rings. The molecule has 1 unspecified atom stereocenters. The molecule has 3 nitrogen and oxygen atoms in total. The van der Waals surface area contributed by atoms with Gasteiger partial charge in [0.05, 0.1) is 5.02 Å². The number of carbonyl (C=O) groups excluding carboxylic acids is 1. The van der Waals surface area contributed by atoms with Gasteiger partial charge in [-0.2, -0.15) is 0 Å². The molecule has 0 saturated carbocycles. The van der Waals surface area contributed by atoms with Crippen LogP contribution in [-0.4, -0.2) is 35.9 Å². The number of piperidine rings is 1. The molecule has 0 N–H and O–H groups in total. The van der Waals surface area contributed by atoms with E-state index in [0.717, 1.165) is 35.3 Å². The highest BCUT2D eigenvalue weighted by Crippen LogP contribution is 2.40. The highest BCUT2D eigenvalue weighted by atomic mass is 35.5. The van der Waals surface area contributed by atoms with Crippen molar-refractivity contribution < 1.29 is 18.3 Å². The second-order valence-electron chi connectivity index (χ2n) is 7.52. The molecule has 0 spiro atoms. The normalized spacial score (nSPS) is 20.6. The predicted octanol–water partition coefficient (Wildman–Crippen LogP) is 5.59.